The fourth-order valence-electron chi connectivity index (χ4n) is 2.91. The number of hydrogen-bond acceptors (Lipinski definition) is 6. The Morgan fingerprint density at radius 1 is 1.20 bits per heavy atom. The Morgan fingerprint density at radius 3 is 2.43 bits per heavy atom. The molecule has 0 spiro atoms. The van der Waals surface area contributed by atoms with Gasteiger partial charge in [-0.25, -0.2) is 14.4 Å². The standard InChI is InChI=1S/C22H28ClNO6/c1-7-13-9-19(25)28-17-11-18(15(23)10-14(13)17)29-20(26)16(8-12(2)3)24-21(27)30-22(4,5)6/h9-12,16H,7-8H2,1-6H3,(H,24,27)/t16-/m0/s1. The van der Waals surface area contributed by atoms with Gasteiger partial charge in [0.05, 0.1) is 5.02 Å². The summed E-state index contributed by atoms with van der Waals surface area (Å²) < 4.78 is 15.9. The zero-order valence-corrected chi connectivity index (χ0v) is 18.9. The van der Waals surface area contributed by atoms with Gasteiger partial charge < -0.3 is 19.2 Å². The summed E-state index contributed by atoms with van der Waals surface area (Å²) in [5.74, 6) is -0.537. The summed E-state index contributed by atoms with van der Waals surface area (Å²) in [6.07, 6.45) is 0.250. The van der Waals surface area contributed by atoms with E-state index < -0.39 is 29.3 Å². The number of amides is 1. The highest BCUT2D eigenvalue weighted by Gasteiger charge is 2.27. The van der Waals surface area contributed by atoms with Gasteiger partial charge in [-0.2, -0.15) is 0 Å². The molecular weight excluding hydrogens is 410 g/mol. The lowest BCUT2D eigenvalue weighted by molar-refractivity contribution is -0.137. The van der Waals surface area contributed by atoms with E-state index >= 15 is 0 Å². The second-order valence-corrected chi connectivity index (χ2v) is 8.88. The van der Waals surface area contributed by atoms with Crippen molar-refractivity contribution in [1.29, 1.82) is 0 Å². The predicted octanol–water partition coefficient (Wildman–Crippen LogP) is 4.85. The van der Waals surface area contributed by atoms with Gasteiger partial charge in [0.25, 0.3) is 0 Å². The van der Waals surface area contributed by atoms with E-state index in [0.29, 0.717) is 18.2 Å². The molecular formula is C22H28ClNO6. The number of carbonyl (C=O) groups is 2. The number of ether oxygens (including phenoxy) is 2. The number of aryl methyl sites for hydroxylation is 1. The molecule has 0 aliphatic heterocycles. The van der Waals surface area contributed by atoms with Crippen LogP contribution in [0.25, 0.3) is 11.0 Å². The molecule has 30 heavy (non-hydrogen) atoms. The number of fused-ring (bicyclic) bond motifs is 1. The molecule has 0 aliphatic carbocycles. The average Bonchev–Trinajstić information content (AvgIpc) is 2.59. The van der Waals surface area contributed by atoms with Gasteiger partial charge in [0, 0.05) is 17.5 Å². The third-order valence-corrected chi connectivity index (χ3v) is 4.45. The smallest absolute Gasteiger partial charge is 0.408 e. The lowest BCUT2D eigenvalue weighted by Crippen LogP contribution is -2.45. The molecule has 1 atom stereocenters. The first-order valence-electron chi connectivity index (χ1n) is 9.87. The molecule has 0 radical (unpaired) electrons. The van der Waals surface area contributed by atoms with Crippen LogP contribution in [0.5, 0.6) is 5.75 Å². The third kappa shape index (κ3) is 6.49. The highest BCUT2D eigenvalue weighted by atomic mass is 35.5. The van der Waals surface area contributed by atoms with E-state index in [9.17, 15) is 14.4 Å². The Balaban J connectivity index is 2.29. The lowest BCUT2D eigenvalue weighted by Gasteiger charge is -2.23. The van der Waals surface area contributed by atoms with Crippen LogP contribution in [0.1, 0.15) is 53.5 Å². The Morgan fingerprint density at radius 2 is 1.87 bits per heavy atom. The normalized spacial score (nSPS) is 12.7. The summed E-state index contributed by atoms with van der Waals surface area (Å²) in [5, 5.41) is 3.42. The summed E-state index contributed by atoms with van der Waals surface area (Å²) in [6.45, 7) is 10.9. The molecule has 0 saturated carbocycles. The Labute approximate surface area is 180 Å². The first-order valence-corrected chi connectivity index (χ1v) is 10.2. The zero-order chi connectivity index (χ0) is 22.6. The number of halogens is 1. The van der Waals surface area contributed by atoms with Crippen molar-refractivity contribution < 1.29 is 23.5 Å². The highest BCUT2D eigenvalue weighted by molar-refractivity contribution is 6.33. The SMILES string of the molecule is CCc1cc(=O)oc2cc(OC(=O)[C@H](CC(C)C)NC(=O)OC(C)(C)C)c(Cl)cc12. The largest absolute Gasteiger partial charge is 0.444 e. The Bertz CT molecular complexity index is 990. The lowest BCUT2D eigenvalue weighted by atomic mass is 10.0. The second-order valence-electron chi connectivity index (χ2n) is 8.47. The number of hydrogen-bond donors (Lipinski definition) is 1. The van der Waals surface area contributed by atoms with Crippen LogP contribution in [-0.2, 0) is 16.0 Å². The van der Waals surface area contributed by atoms with Crippen molar-refractivity contribution in [2.75, 3.05) is 0 Å². The number of esters is 1. The van der Waals surface area contributed by atoms with Crippen molar-refractivity contribution in [3.8, 4) is 5.75 Å². The van der Waals surface area contributed by atoms with Crippen molar-refractivity contribution >= 4 is 34.6 Å². The molecule has 7 nitrogen and oxygen atoms in total. The van der Waals surface area contributed by atoms with Crippen LogP contribution in [0, 0.1) is 5.92 Å². The van der Waals surface area contributed by atoms with E-state index in [4.69, 9.17) is 25.5 Å². The predicted molar refractivity (Wildman–Crippen MR) is 115 cm³/mol. The molecule has 1 aromatic carbocycles. The molecule has 0 fully saturated rings. The van der Waals surface area contributed by atoms with Gasteiger partial charge in [-0.15, -0.1) is 0 Å². The van der Waals surface area contributed by atoms with Gasteiger partial charge in [0.1, 0.15) is 17.2 Å². The zero-order valence-electron chi connectivity index (χ0n) is 18.1. The van der Waals surface area contributed by atoms with Crippen molar-refractivity contribution in [3.05, 3.63) is 39.2 Å². The van der Waals surface area contributed by atoms with Gasteiger partial charge in [-0.05, 0) is 51.2 Å². The Hall–Kier alpha value is -2.54. The quantitative estimate of drug-likeness (QED) is 0.394. The summed E-state index contributed by atoms with van der Waals surface area (Å²) in [7, 11) is 0. The number of alkyl carbamates (subject to hydrolysis) is 1. The van der Waals surface area contributed by atoms with Gasteiger partial charge in [-0.3, -0.25) is 0 Å². The second kappa shape index (κ2) is 9.51. The van der Waals surface area contributed by atoms with Crippen LogP contribution < -0.4 is 15.7 Å². The number of rotatable bonds is 6. The maximum Gasteiger partial charge on any atom is 0.408 e. The van der Waals surface area contributed by atoms with Crippen LogP contribution in [0.15, 0.2) is 27.4 Å². The maximum atomic E-state index is 12.8. The van der Waals surface area contributed by atoms with Crippen molar-refractivity contribution in [1.82, 2.24) is 5.32 Å². The maximum absolute atomic E-state index is 12.8. The van der Waals surface area contributed by atoms with E-state index in [1.807, 2.05) is 20.8 Å². The van der Waals surface area contributed by atoms with Crippen molar-refractivity contribution in [3.63, 3.8) is 0 Å². The van der Waals surface area contributed by atoms with Gasteiger partial charge in [0.15, 0.2) is 5.75 Å². The van der Waals surface area contributed by atoms with Crippen molar-refractivity contribution in [2.45, 2.75) is 66.0 Å². The monoisotopic (exact) mass is 437 g/mol. The molecule has 0 saturated heterocycles. The van der Waals surface area contributed by atoms with Crippen molar-refractivity contribution in [2.24, 2.45) is 5.92 Å². The van der Waals surface area contributed by atoms with Gasteiger partial charge in [0.2, 0.25) is 0 Å². The summed E-state index contributed by atoms with van der Waals surface area (Å²) >= 11 is 6.31. The minimum Gasteiger partial charge on any atom is -0.444 e. The fourth-order valence-corrected chi connectivity index (χ4v) is 3.12. The van der Waals surface area contributed by atoms with E-state index in [-0.39, 0.29) is 22.3 Å². The summed E-state index contributed by atoms with van der Waals surface area (Å²) in [4.78, 5) is 36.7. The third-order valence-electron chi connectivity index (χ3n) is 4.16. The highest BCUT2D eigenvalue weighted by Crippen LogP contribution is 2.32. The molecule has 2 rings (SSSR count). The molecule has 1 amide bonds. The first kappa shape index (κ1) is 23.7. The summed E-state index contributed by atoms with van der Waals surface area (Å²) in [6, 6.07) is 3.49. The minimum absolute atomic E-state index is 0.0466. The molecule has 0 bridgehead atoms. The number of benzene rings is 1. The van der Waals surface area contributed by atoms with Gasteiger partial charge >= 0.3 is 17.7 Å². The van der Waals surface area contributed by atoms with Gasteiger partial charge in [-0.1, -0.05) is 32.4 Å². The average molecular weight is 438 g/mol. The van der Waals surface area contributed by atoms with E-state index in [0.717, 1.165) is 5.56 Å². The topological polar surface area (TPSA) is 94.8 Å². The molecule has 1 N–H and O–H groups in total. The van der Waals surface area contributed by atoms with Crippen LogP contribution in [0.2, 0.25) is 5.02 Å². The van der Waals surface area contributed by atoms with Crippen LogP contribution in [0.3, 0.4) is 0 Å². The molecule has 0 unspecified atom stereocenters. The summed E-state index contributed by atoms with van der Waals surface area (Å²) in [5.41, 5.74) is -0.146. The van der Waals surface area contributed by atoms with Crippen LogP contribution in [-0.4, -0.2) is 23.7 Å². The van der Waals surface area contributed by atoms with E-state index in [1.165, 1.54) is 12.1 Å². The van der Waals surface area contributed by atoms with Crippen LogP contribution >= 0.6 is 11.6 Å². The molecule has 1 aromatic heterocycles. The molecule has 8 heteroatoms. The molecule has 0 aliphatic rings. The molecule has 164 valence electrons. The number of carbonyl (C=O) groups excluding carboxylic acids is 2. The minimum atomic E-state index is -0.930. The van der Waals surface area contributed by atoms with E-state index in [2.05, 4.69) is 5.32 Å². The first-order chi connectivity index (χ1) is 13.9. The molecule has 2 aromatic rings. The molecule has 1 heterocycles. The van der Waals surface area contributed by atoms with E-state index in [1.54, 1.807) is 26.8 Å². The van der Waals surface area contributed by atoms with Crippen LogP contribution in [0.4, 0.5) is 4.79 Å². The number of nitrogens with one attached hydrogen (secondary N) is 1. The Kier molecular flexibility index (Phi) is 7.53. The fraction of sp³-hybridized carbons (Fsp3) is 0.500.